The SMILES string of the molecule is CCCCOc1ccc(C(=O)/C=C/Nc2ccccc2C)cc1. The quantitative estimate of drug-likeness (QED) is 0.424. The lowest BCUT2D eigenvalue weighted by Gasteiger charge is -2.06. The first-order chi connectivity index (χ1) is 11.2. The minimum atomic E-state index is -0.0359. The van der Waals surface area contributed by atoms with E-state index in [4.69, 9.17) is 4.74 Å². The smallest absolute Gasteiger partial charge is 0.187 e. The third-order valence-electron chi connectivity index (χ3n) is 3.52. The lowest BCUT2D eigenvalue weighted by molar-refractivity contribution is 0.104. The molecule has 0 aromatic heterocycles. The van der Waals surface area contributed by atoms with E-state index in [2.05, 4.69) is 12.2 Å². The highest BCUT2D eigenvalue weighted by Crippen LogP contribution is 2.15. The average Bonchev–Trinajstić information content (AvgIpc) is 2.57. The highest BCUT2D eigenvalue weighted by Gasteiger charge is 2.02. The summed E-state index contributed by atoms with van der Waals surface area (Å²) in [7, 11) is 0. The number of rotatable bonds is 8. The maximum absolute atomic E-state index is 12.1. The molecule has 3 nitrogen and oxygen atoms in total. The lowest BCUT2D eigenvalue weighted by atomic mass is 10.1. The molecule has 0 heterocycles. The molecule has 0 aliphatic heterocycles. The Bertz CT molecular complexity index is 660. The van der Waals surface area contributed by atoms with Crippen molar-refractivity contribution in [1.29, 1.82) is 0 Å². The molecular formula is C20H23NO2. The van der Waals surface area contributed by atoms with Crippen molar-refractivity contribution < 1.29 is 9.53 Å². The normalized spacial score (nSPS) is 10.7. The summed E-state index contributed by atoms with van der Waals surface area (Å²) in [6, 6.07) is 15.2. The summed E-state index contributed by atoms with van der Waals surface area (Å²) in [6.45, 7) is 4.86. The van der Waals surface area contributed by atoms with Crippen LogP contribution in [0.4, 0.5) is 5.69 Å². The van der Waals surface area contributed by atoms with Crippen LogP contribution in [0.1, 0.15) is 35.7 Å². The Kier molecular flexibility index (Phi) is 6.42. The molecule has 0 spiro atoms. The van der Waals surface area contributed by atoms with E-state index in [0.29, 0.717) is 12.2 Å². The number of aryl methyl sites for hydroxylation is 1. The summed E-state index contributed by atoms with van der Waals surface area (Å²) in [5.41, 5.74) is 2.78. The van der Waals surface area contributed by atoms with Gasteiger partial charge in [0.25, 0.3) is 0 Å². The summed E-state index contributed by atoms with van der Waals surface area (Å²) < 4.78 is 5.59. The Hall–Kier alpha value is -2.55. The number of unbranched alkanes of at least 4 members (excludes halogenated alkanes) is 1. The Morgan fingerprint density at radius 2 is 1.87 bits per heavy atom. The van der Waals surface area contributed by atoms with E-state index in [1.54, 1.807) is 24.4 Å². The minimum Gasteiger partial charge on any atom is -0.494 e. The van der Waals surface area contributed by atoms with Crippen molar-refractivity contribution in [2.75, 3.05) is 11.9 Å². The molecule has 0 bridgehead atoms. The number of nitrogens with one attached hydrogen (secondary N) is 1. The van der Waals surface area contributed by atoms with E-state index >= 15 is 0 Å². The van der Waals surface area contributed by atoms with Gasteiger partial charge in [0.15, 0.2) is 5.78 Å². The number of benzene rings is 2. The van der Waals surface area contributed by atoms with Crippen LogP contribution in [0, 0.1) is 6.92 Å². The zero-order chi connectivity index (χ0) is 16.5. The summed E-state index contributed by atoms with van der Waals surface area (Å²) >= 11 is 0. The van der Waals surface area contributed by atoms with Gasteiger partial charge in [0.05, 0.1) is 6.61 Å². The maximum Gasteiger partial charge on any atom is 0.187 e. The van der Waals surface area contributed by atoms with Crippen molar-refractivity contribution in [2.45, 2.75) is 26.7 Å². The van der Waals surface area contributed by atoms with Crippen molar-refractivity contribution in [2.24, 2.45) is 0 Å². The first-order valence-corrected chi connectivity index (χ1v) is 7.96. The summed E-state index contributed by atoms with van der Waals surface area (Å²) in [6.07, 6.45) is 5.36. The van der Waals surface area contributed by atoms with Crippen LogP contribution in [-0.4, -0.2) is 12.4 Å². The zero-order valence-corrected chi connectivity index (χ0v) is 13.7. The summed E-state index contributed by atoms with van der Waals surface area (Å²) in [5, 5.41) is 3.13. The van der Waals surface area contributed by atoms with Gasteiger partial charge in [0.2, 0.25) is 0 Å². The Balaban J connectivity index is 1.90. The second-order valence-electron chi connectivity index (χ2n) is 5.38. The molecule has 0 aliphatic rings. The van der Waals surface area contributed by atoms with Gasteiger partial charge < -0.3 is 10.1 Å². The Labute approximate surface area is 138 Å². The standard InChI is InChI=1S/C20H23NO2/c1-3-4-15-23-18-11-9-17(10-12-18)20(22)13-14-21-19-8-6-5-7-16(19)2/h5-14,21H,3-4,15H2,1-2H3/b14-13+. The van der Waals surface area contributed by atoms with Crippen LogP contribution in [0.2, 0.25) is 0 Å². The number of allylic oxidation sites excluding steroid dienone is 1. The predicted octanol–water partition coefficient (Wildman–Crippen LogP) is 4.98. The fraction of sp³-hybridized carbons (Fsp3) is 0.250. The molecule has 1 N–H and O–H groups in total. The van der Waals surface area contributed by atoms with Gasteiger partial charge in [-0.1, -0.05) is 31.5 Å². The molecule has 0 saturated heterocycles. The van der Waals surface area contributed by atoms with Gasteiger partial charge in [-0.25, -0.2) is 0 Å². The monoisotopic (exact) mass is 309 g/mol. The van der Waals surface area contributed by atoms with Crippen LogP contribution in [0.3, 0.4) is 0 Å². The first kappa shape index (κ1) is 16.8. The number of anilines is 1. The van der Waals surface area contributed by atoms with E-state index in [-0.39, 0.29) is 5.78 Å². The largest absolute Gasteiger partial charge is 0.494 e. The summed E-state index contributed by atoms with van der Waals surface area (Å²) in [5.74, 6) is 0.767. The minimum absolute atomic E-state index is 0.0359. The molecule has 2 aromatic rings. The van der Waals surface area contributed by atoms with Crippen LogP contribution in [0.15, 0.2) is 60.8 Å². The van der Waals surface area contributed by atoms with E-state index in [1.165, 1.54) is 0 Å². The fourth-order valence-corrected chi connectivity index (χ4v) is 2.09. The zero-order valence-electron chi connectivity index (χ0n) is 13.7. The third-order valence-corrected chi connectivity index (χ3v) is 3.52. The molecule has 0 saturated carbocycles. The second-order valence-corrected chi connectivity index (χ2v) is 5.38. The average molecular weight is 309 g/mol. The molecule has 0 amide bonds. The number of carbonyl (C=O) groups excluding carboxylic acids is 1. The molecule has 2 aromatic carbocycles. The van der Waals surface area contributed by atoms with Crippen molar-refractivity contribution in [1.82, 2.24) is 0 Å². The van der Waals surface area contributed by atoms with Crippen LogP contribution < -0.4 is 10.1 Å². The molecular weight excluding hydrogens is 286 g/mol. The molecule has 120 valence electrons. The Morgan fingerprint density at radius 1 is 1.13 bits per heavy atom. The lowest BCUT2D eigenvalue weighted by Crippen LogP contribution is -1.99. The number of para-hydroxylation sites is 1. The van der Waals surface area contributed by atoms with Crippen molar-refractivity contribution in [3.05, 3.63) is 71.9 Å². The molecule has 3 heteroatoms. The Morgan fingerprint density at radius 3 is 2.57 bits per heavy atom. The molecule has 0 atom stereocenters. The van der Waals surface area contributed by atoms with Crippen LogP contribution >= 0.6 is 0 Å². The van der Waals surface area contributed by atoms with Gasteiger partial charge in [0, 0.05) is 23.5 Å². The van der Waals surface area contributed by atoms with Gasteiger partial charge in [-0.2, -0.15) is 0 Å². The molecule has 2 rings (SSSR count). The van der Waals surface area contributed by atoms with Gasteiger partial charge in [0.1, 0.15) is 5.75 Å². The van der Waals surface area contributed by atoms with E-state index in [1.807, 2.05) is 43.3 Å². The molecule has 23 heavy (non-hydrogen) atoms. The van der Waals surface area contributed by atoms with Crippen molar-refractivity contribution in [3.63, 3.8) is 0 Å². The number of hydrogen-bond acceptors (Lipinski definition) is 3. The van der Waals surface area contributed by atoms with Gasteiger partial charge in [-0.05, 0) is 49.2 Å². The summed E-state index contributed by atoms with van der Waals surface area (Å²) in [4.78, 5) is 12.1. The predicted molar refractivity (Wildman–Crippen MR) is 95.1 cm³/mol. The van der Waals surface area contributed by atoms with Gasteiger partial charge in [-0.15, -0.1) is 0 Å². The first-order valence-electron chi connectivity index (χ1n) is 7.96. The molecule has 0 aliphatic carbocycles. The van der Waals surface area contributed by atoms with Crippen molar-refractivity contribution >= 4 is 11.5 Å². The molecule has 0 unspecified atom stereocenters. The van der Waals surface area contributed by atoms with E-state index in [0.717, 1.165) is 29.8 Å². The fourth-order valence-electron chi connectivity index (χ4n) is 2.09. The maximum atomic E-state index is 12.1. The molecule has 0 radical (unpaired) electrons. The van der Waals surface area contributed by atoms with Gasteiger partial charge in [-0.3, -0.25) is 4.79 Å². The highest BCUT2D eigenvalue weighted by atomic mass is 16.5. The number of ether oxygens (including phenoxy) is 1. The van der Waals surface area contributed by atoms with Crippen LogP contribution in [0.5, 0.6) is 5.75 Å². The second kappa shape index (κ2) is 8.79. The van der Waals surface area contributed by atoms with E-state index < -0.39 is 0 Å². The highest BCUT2D eigenvalue weighted by molar-refractivity contribution is 6.04. The van der Waals surface area contributed by atoms with E-state index in [9.17, 15) is 4.79 Å². The molecule has 0 fully saturated rings. The van der Waals surface area contributed by atoms with Crippen molar-refractivity contribution in [3.8, 4) is 5.75 Å². The van der Waals surface area contributed by atoms with Gasteiger partial charge >= 0.3 is 0 Å². The number of ketones is 1. The van der Waals surface area contributed by atoms with Crippen LogP contribution in [0.25, 0.3) is 0 Å². The topological polar surface area (TPSA) is 38.3 Å². The third kappa shape index (κ3) is 5.29. The number of carbonyl (C=O) groups is 1. The van der Waals surface area contributed by atoms with Crippen LogP contribution in [-0.2, 0) is 0 Å². The number of hydrogen-bond donors (Lipinski definition) is 1.